The fraction of sp³-hybridized carbons (Fsp3) is 0.632. The predicted octanol–water partition coefficient (Wildman–Crippen LogP) is 4.15. The number of carboxylic acids is 1. The van der Waals surface area contributed by atoms with Crippen LogP contribution in [0.15, 0.2) is 23.6 Å². The number of likely N-dealkylation sites (tertiary alicyclic amines) is 1. The van der Waals surface area contributed by atoms with E-state index in [1.807, 2.05) is 45.7 Å². The normalized spacial score (nSPS) is 20.7. The molecule has 3 amide bonds. The minimum atomic E-state index is -0.984. The van der Waals surface area contributed by atoms with Gasteiger partial charge in [0.1, 0.15) is 17.5 Å². The number of methoxy groups -OCH3 is 2. The van der Waals surface area contributed by atoms with Crippen LogP contribution in [0.4, 0.5) is 0 Å². The van der Waals surface area contributed by atoms with Crippen molar-refractivity contribution in [1.29, 1.82) is 0 Å². The summed E-state index contributed by atoms with van der Waals surface area (Å²) in [4.78, 5) is 75.2. The monoisotopic (exact) mass is 741 g/mol. The Kier molecular flexibility index (Phi) is 14.7. The molecule has 1 aliphatic heterocycles. The van der Waals surface area contributed by atoms with Crippen LogP contribution in [-0.2, 0) is 25.5 Å². The van der Waals surface area contributed by atoms with Crippen molar-refractivity contribution in [1.82, 2.24) is 25.4 Å². The van der Waals surface area contributed by atoms with Crippen molar-refractivity contribution < 1.29 is 38.6 Å². The van der Waals surface area contributed by atoms with Gasteiger partial charge in [0.05, 0.1) is 25.7 Å². The molecule has 1 aliphatic carbocycles. The summed E-state index contributed by atoms with van der Waals surface area (Å²) < 4.78 is 10.7. The van der Waals surface area contributed by atoms with Gasteiger partial charge < -0.3 is 30.1 Å². The van der Waals surface area contributed by atoms with Crippen LogP contribution in [0.5, 0.6) is 5.75 Å². The van der Waals surface area contributed by atoms with Crippen molar-refractivity contribution in [2.24, 2.45) is 11.8 Å². The Morgan fingerprint density at radius 3 is 2.52 bits per heavy atom. The Morgan fingerprint density at radius 2 is 1.88 bits per heavy atom. The first-order valence-corrected chi connectivity index (χ1v) is 19.2. The third-order valence-electron chi connectivity index (χ3n) is 10.6. The fourth-order valence-electron chi connectivity index (χ4n) is 7.21. The number of nitrogens with zero attached hydrogens (tertiary/aromatic N) is 3. The maximum Gasteiger partial charge on any atom is 0.311 e. The molecule has 0 radical (unpaired) electrons. The molecule has 1 fully saturated rings. The Morgan fingerprint density at radius 1 is 1.13 bits per heavy atom. The fourth-order valence-corrected chi connectivity index (χ4v) is 7.96. The van der Waals surface area contributed by atoms with Gasteiger partial charge in [-0.25, -0.2) is 4.98 Å². The number of nitrogens with one attached hydrogen (secondary N) is 2. The predicted molar refractivity (Wildman–Crippen MR) is 198 cm³/mol. The van der Waals surface area contributed by atoms with Gasteiger partial charge in [0.15, 0.2) is 10.8 Å². The summed E-state index contributed by atoms with van der Waals surface area (Å²) in [5.74, 6) is -2.70. The molecule has 3 N–H and O–H groups in total. The number of carbonyl (C=O) groups is 5. The molecule has 1 aromatic heterocycles. The zero-order valence-corrected chi connectivity index (χ0v) is 32.3. The summed E-state index contributed by atoms with van der Waals surface area (Å²) >= 11 is 1.06. The van der Waals surface area contributed by atoms with E-state index in [4.69, 9.17) is 9.47 Å². The molecule has 286 valence electrons. The highest BCUT2D eigenvalue weighted by Gasteiger charge is 2.38. The maximum absolute atomic E-state index is 14.4. The second-order valence-corrected chi connectivity index (χ2v) is 15.3. The number of aliphatic carboxylic acids is 1. The van der Waals surface area contributed by atoms with Crippen LogP contribution in [0, 0.1) is 11.8 Å². The molecule has 6 atom stereocenters. The summed E-state index contributed by atoms with van der Waals surface area (Å²) in [6, 6.07) is 3.29. The number of ketones is 1. The Bertz CT molecular complexity index is 1580. The smallest absolute Gasteiger partial charge is 0.311 e. The van der Waals surface area contributed by atoms with Gasteiger partial charge in [0.2, 0.25) is 11.8 Å². The first-order chi connectivity index (χ1) is 24.8. The lowest BCUT2D eigenvalue weighted by Gasteiger charge is -2.39. The minimum Gasteiger partial charge on any atom is -0.497 e. The van der Waals surface area contributed by atoms with Crippen LogP contribution in [0.25, 0.3) is 0 Å². The number of carbonyl (C=O) groups excluding carboxylic acids is 4. The van der Waals surface area contributed by atoms with Crippen molar-refractivity contribution in [2.75, 3.05) is 41.0 Å². The Balaban J connectivity index is 1.48. The van der Waals surface area contributed by atoms with E-state index in [9.17, 15) is 29.1 Å². The summed E-state index contributed by atoms with van der Waals surface area (Å²) in [7, 11) is 5.01. The van der Waals surface area contributed by atoms with E-state index in [2.05, 4.69) is 15.6 Å². The first-order valence-electron chi connectivity index (χ1n) is 18.3. The highest BCUT2D eigenvalue weighted by Crippen LogP contribution is 2.35. The second kappa shape index (κ2) is 18.7. The number of hydrogen-bond donors (Lipinski definition) is 3. The van der Waals surface area contributed by atoms with Gasteiger partial charge in [-0.1, -0.05) is 46.6 Å². The Labute approximate surface area is 310 Å². The molecule has 52 heavy (non-hydrogen) atoms. The van der Waals surface area contributed by atoms with Crippen LogP contribution in [0.2, 0.25) is 0 Å². The van der Waals surface area contributed by atoms with Crippen LogP contribution >= 0.6 is 11.3 Å². The van der Waals surface area contributed by atoms with Crippen LogP contribution < -0.4 is 15.4 Å². The topological polar surface area (TPSA) is 167 Å². The standard InChI is InChI=1S/C38H55N5O8S/c1-8-23(4)33(41-35(46)30-11-9-10-14-42(30)5)37(47)43(15-16-50-6)31(22(2)3)20-32(44)36-40-29(21-52-36)34(45)39-25-17-24-12-13-26(51-7)19-27(24)28(18-25)38(48)49/h12-13,19,21-23,25,28,30-31,33H,8-11,14-18,20H2,1-7H3,(H,39,45)(H,41,46)(H,48,49)/t23?,25-,28+,30?,31+,33?/m0/s1. The minimum absolute atomic E-state index is 0.0304. The van der Waals surface area contributed by atoms with Crippen molar-refractivity contribution in [3.63, 3.8) is 0 Å². The van der Waals surface area contributed by atoms with Crippen LogP contribution in [0.3, 0.4) is 0 Å². The van der Waals surface area contributed by atoms with Gasteiger partial charge in [-0.2, -0.15) is 0 Å². The van der Waals surface area contributed by atoms with E-state index in [0.717, 1.165) is 42.7 Å². The van der Waals surface area contributed by atoms with E-state index in [1.165, 1.54) is 12.5 Å². The molecule has 14 heteroatoms. The number of fused-ring (bicyclic) bond motifs is 1. The zero-order chi connectivity index (χ0) is 38.1. The summed E-state index contributed by atoms with van der Waals surface area (Å²) in [6.45, 7) is 9.14. The molecular weight excluding hydrogens is 687 g/mol. The molecule has 13 nitrogen and oxygen atoms in total. The largest absolute Gasteiger partial charge is 0.497 e. The number of Topliss-reactive ketones (excluding diaryl/α,β-unsaturated/α-hetero) is 1. The summed E-state index contributed by atoms with van der Waals surface area (Å²) in [6.07, 6.45) is 4.02. The number of carboxylic acid groups (broad SMARTS) is 1. The van der Waals surface area contributed by atoms with E-state index in [1.54, 1.807) is 24.1 Å². The lowest BCUT2D eigenvalue weighted by atomic mass is 9.80. The lowest BCUT2D eigenvalue weighted by Crippen LogP contribution is -2.59. The van der Waals surface area contributed by atoms with Crippen LogP contribution in [0.1, 0.15) is 104 Å². The highest BCUT2D eigenvalue weighted by molar-refractivity contribution is 7.12. The molecule has 3 unspecified atom stereocenters. The number of thiazole rings is 1. The van der Waals surface area contributed by atoms with E-state index >= 15 is 0 Å². The number of likely N-dealkylation sites (N-methyl/N-ethyl adjacent to an activating group) is 1. The summed E-state index contributed by atoms with van der Waals surface area (Å²) in [5.41, 5.74) is 1.57. The number of ether oxygens (including phenoxy) is 2. The van der Waals surface area contributed by atoms with Crippen molar-refractivity contribution >= 4 is 40.8 Å². The third-order valence-corrected chi connectivity index (χ3v) is 11.4. The van der Waals surface area contributed by atoms with Gasteiger partial charge in [0.25, 0.3) is 5.91 Å². The molecular formula is C38H55N5O8S. The van der Waals surface area contributed by atoms with Crippen molar-refractivity contribution in [3.05, 3.63) is 45.4 Å². The van der Waals surface area contributed by atoms with E-state index in [-0.39, 0.29) is 72.2 Å². The average molecular weight is 742 g/mol. The molecule has 1 aromatic carbocycles. The SMILES string of the molecule is CCC(C)C(NC(=O)C1CCCCN1C)C(=O)N(CCOC)[C@H](CC(=O)c1nc(C(=O)N[C@H]2Cc3ccc(OC)cc3[C@H](C(=O)O)C2)cs1)C(C)C. The first kappa shape index (κ1) is 40.9. The summed E-state index contributed by atoms with van der Waals surface area (Å²) in [5, 5.41) is 17.6. The zero-order valence-electron chi connectivity index (χ0n) is 31.5. The molecule has 0 bridgehead atoms. The van der Waals surface area contributed by atoms with Gasteiger partial charge in [-0.3, -0.25) is 28.9 Å². The molecule has 4 rings (SSSR count). The molecule has 2 aromatic rings. The number of amides is 3. The number of benzene rings is 1. The van der Waals surface area contributed by atoms with Gasteiger partial charge in [0, 0.05) is 37.5 Å². The quantitative estimate of drug-likeness (QED) is 0.201. The van der Waals surface area contributed by atoms with Crippen molar-refractivity contribution in [3.8, 4) is 5.75 Å². The number of piperidine rings is 1. The molecule has 1 saturated heterocycles. The van der Waals surface area contributed by atoms with Gasteiger partial charge in [-0.15, -0.1) is 11.3 Å². The number of hydrogen-bond acceptors (Lipinski definition) is 10. The molecule has 2 aliphatic rings. The molecule has 0 spiro atoms. The second-order valence-electron chi connectivity index (χ2n) is 14.4. The van der Waals surface area contributed by atoms with Gasteiger partial charge >= 0.3 is 5.97 Å². The van der Waals surface area contributed by atoms with E-state index < -0.39 is 35.9 Å². The van der Waals surface area contributed by atoms with Gasteiger partial charge in [-0.05, 0) is 74.4 Å². The number of aromatic nitrogens is 1. The average Bonchev–Trinajstić information content (AvgIpc) is 3.63. The maximum atomic E-state index is 14.4. The van der Waals surface area contributed by atoms with Crippen molar-refractivity contribution in [2.45, 2.75) is 103 Å². The lowest BCUT2D eigenvalue weighted by molar-refractivity contribution is -0.142. The molecule has 0 saturated carbocycles. The highest BCUT2D eigenvalue weighted by atomic mass is 32.1. The van der Waals surface area contributed by atoms with Crippen LogP contribution in [-0.4, -0.2) is 114 Å². The number of rotatable bonds is 17. The third kappa shape index (κ3) is 9.95. The Hall–Kier alpha value is -3.88. The van der Waals surface area contributed by atoms with E-state index in [0.29, 0.717) is 24.2 Å². The molecule has 2 heterocycles.